The Labute approximate surface area is 149 Å². The van der Waals surface area contributed by atoms with Crippen LogP contribution in [-0.2, 0) is 17.8 Å². The number of carbonyl (C=O) groups excluding carboxylic acids is 1. The Morgan fingerprint density at radius 2 is 1.88 bits per heavy atom. The van der Waals surface area contributed by atoms with Gasteiger partial charge in [-0.2, -0.15) is 0 Å². The zero-order valence-electron chi connectivity index (χ0n) is 14.6. The summed E-state index contributed by atoms with van der Waals surface area (Å²) in [5.41, 5.74) is 9.01. The van der Waals surface area contributed by atoms with E-state index < -0.39 is 0 Å². The molecule has 1 aliphatic heterocycles. The fraction of sp³-hybridized carbons (Fsp3) is 0.350. The molecule has 5 nitrogen and oxygen atoms in total. The number of methoxy groups -OCH3 is 1. The van der Waals surface area contributed by atoms with Crippen LogP contribution in [0.5, 0.6) is 5.75 Å². The van der Waals surface area contributed by atoms with Crippen LogP contribution in [0.4, 0.5) is 5.69 Å². The predicted octanol–water partition coefficient (Wildman–Crippen LogP) is 2.05. The summed E-state index contributed by atoms with van der Waals surface area (Å²) in [5, 5.41) is 0. The van der Waals surface area contributed by atoms with Crippen LogP contribution in [0.2, 0.25) is 0 Å². The van der Waals surface area contributed by atoms with E-state index in [2.05, 4.69) is 29.2 Å². The molecule has 0 aromatic heterocycles. The van der Waals surface area contributed by atoms with Gasteiger partial charge in [0, 0.05) is 31.4 Å². The van der Waals surface area contributed by atoms with Crippen LogP contribution < -0.4 is 15.4 Å². The fourth-order valence-corrected chi connectivity index (χ4v) is 3.22. The lowest BCUT2D eigenvalue weighted by Crippen LogP contribution is -2.50. The van der Waals surface area contributed by atoms with Gasteiger partial charge in [-0.3, -0.25) is 9.69 Å². The van der Waals surface area contributed by atoms with Crippen molar-refractivity contribution < 1.29 is 9.53 Å². The number of hydrogen-bond acceptors (Lipinski definition) is 4. The number of nitrogens with zero attached hydrogens (tertiary/aromatic N) is 2. The van der Waals surface area contributed by atoms with Gasteiger partial charge in [0.05, 0.1) is 13.7 Å². The monoisotopic (exact) mass is 339 g/mol. The molecule has 5 heteroatoms. The minimum atomic E-state index is 0.123. The quantitative estimate of drug-likeness (QED) is 0.875. The molecule has 0 spiro atoms. The maximum Gasteiger partial charge on any atom is 0.241 e. The van der Waals surface area contributed by atoms with E-state index in [4.69, 9.17) is 10.5 Å². The van der Waals surface area contributed by atoms with Gasteiger partial charge in [0.1, 0.15) is 5.75 Å². The summed E-state index contributed by atoms with van der Waals surface area (Å²) < 4.78 is 5.25. The van der Waals surface area contributed by atoms with Crippen LogP contribution in [0.3, 0.4) is 0 Å². The first-order chi connectivity index (χ1) is 12.2. The first kappa shape index (κ1) is 17.5. The molecular weight excluding hydrogens is 314 g/mol. The second-order valence-corrected chi connectivity index (χ2v) is 6.32. The van der Waals surface area contributed by atoms with Crippen molar-refractivity contribution in [2.45, 2.75) is 13.0 Å². The van der Waals surface area contributed by atoms with Gasteiger partial charge in [-0.25, -0.2) is 0 Å². The van der Waals surface area contributed by atoms with Gasteiger partial charge in [-0.1, -0.05) is 30.3 Å². The lowest BCUT2D eigenvalue weighted by Gasteiger charge is -2.34. The molecule has 25 heavy (non-hydrogen) atoms. The van der Waals surface area contributed by atoms with Crippen molar-refractivity contribution in [2.24, 2.45) is 5.73 Å². The lowest BCUT2D eigenvalue weighted by atomic mass is 10.1. The van der Waals surface area contributed by atoms with Crippen molar-refractivity contribution in [2.75, 3.05) is 38.2 Å². The van der Waals surface area contributed by atoms with Crippen LogP contribution in [-0.4, -0.2) is 44.1 Å². The summed E-state index contributed by atoms with van der Waals surface area (Å²) in [6.07, 6.45) is 0.885. The summed E-state index contributed by atoms with van der Waals surface area (Å²) in [5.74, 6) is 0.891. The number of piperazine rings is 1. The fourth-order valence-electron chi connectivity index (χ4n) is 3.22. The Morgan fingerprint density at radius 3 is 2.64 bits per heavy atom. The molecule has 0 saturated carbocycles. The highest BCUT2D eigenvalue weighted by Crippen LogP contribution is 2.23. The molecule has 1 heterocycles. The second kappa shape index (κ2) is 8.14. The van der Waals surface area contributed by atoms with Crippen LogP contribution in [0.1, 0.15) is 11.1 Å². The summed E-state index contributed by atoms with van der Waals surface area (Å²) >= 11 is 0. The number of nitrogens with two attached hydrogens (primary N) is 1. The largest absolute Gasteiger partial charge is 0.497 e. The second-order valence-electron chi connectivity index (χ2n) is 6.32. The smallest absolute Gasteiger partial charge is 0.241 e. The first-order valence-electron chi connectivity index (χ1n) is 8.64. The molecule has 2 aromatic rings. The van der Waals surface area contributed by atoms with Crippen LogP contribution in [0.15, 0.2) is 48.5 Å². The Balaban J connectivity index is 1.63. The number of rotatable bonds is 6. The van der Waals surface area contributed by atoms with E-state index in [1.54, 1.807) is 7.11 Å². The third kappa shape index (κ3) is 4.38. The normalized spacial score (nSPS) is 15.4. The van der Waals surface area contributed by atoms with E-state index >= 15 is 0 Å². The van der Waals surface area contributed by atoms with Crippen molar-refractivity contribution in [3.8, 4) is 5.75 Å². The van der Waals surface area contributed by atoms with Crippen LogP contribution in [0, 0.1) is 0 Å². The van der Waals surface area contributed by atoms with Crippen molar-refractivity contribution in [1.82, 2.24) is 4.90 Å². The van der Waals surface area contributed by atoms with E-state index in [9.17, 15) is 4.79 Å². The number of benzene rings is 2. The average Bonchev–Trinajstić information content (AvgIpc) is 2.62. The minimum absolute atomic E-state index is 0.123. The molecule has 1 aliphatic rings. The molecule has 1 saturated heterocycles. The Hall–Kier alpha value is -2.37. The van der Waals surface area contributed by atoms with E-state index in [0.717, 1.165) is 30.9 Å². The van der Waals surface area contributed by atoms with Gasteiger partial charge < -0.3 is 15.4 Å². The van der Waals surface area contributed by atoms with Gasteiger partial charge >= 0.3 is 0 Å². The summed E-state index contributed by atoms with van der Waals surface area (Å²) in [6.45, 7) is 3.41. The number of amides is 1. The van der Waals surface area contributed by atoms with E-state index in [1.165, 1.54) is 11.1 Å². The molecule has 0 unspecified atom stereocenters. The number of anilines is 1. The molecule has 2 N–H and O–H groups in total. The standard InChI is InChI=1S/C20H25N3O2/c1-25-19-7-3-6-18(13-19)23-11-10-22(15-20(23)24)14-17-5-2-4-16(12-17)8-9-21/h2-7,12-13H,8-11,14-15,21H2,1H3. The summed E-state index contributed by atoms with van der Waals surface area (Å²) in [4.78, 5) is 16.6. The zero-order valence-corrected chi connectivity index (χ0v) is 14.6. The summed E-state index contributed by atoms with van der Waals surface area (Å²) in [7, 11) is 1.64. The molecule has 1 fully saturated rings. The van der Waals surface area contributed by atoms with E-state index in [0.29, 0.717) is 19.6 Å². The van der Waals surface area contributed by atoms with Gasteiger partial charge in [0.25, 0.3) is 0 Å². The van der Waals surface area contributed by atoms with E-state index in [-0.39, 0.29) is 5.91 Å². The van der Waals surface area contributed by atoms with E-state index in [1.807, 2.05) is 29.2 Å². The Morgan fingerprint density at radius 1 is 1.08 bits per heavy atom. The topological polar surface area (TPSA) is 58.8 Å². The van der Waals surface area contributed by atoms with Crippen molar-refractivity contribution in [3.63, 3.8) is 0 Å². The van der Waals surface area contributed by atoms with Crippen LogP contribution in [0.25, 0.3) is 0 Å². The molecule has 0 atom stereocenters. The maximum atomic E-state index is 12.6. The SMILES string of the molecule is COc1cccc(N2CCN(Cc3cccc(CCN)c3)CC2=O)c1. The lowest BCUT2D eigenvalue weighted by molar-refractivity contribution is -0.121. The number of carbonyl (C=O) groups is 1. The van der Waals surface area contributed by atoms with Crippen molar-refractivity contribution >= 4 is 11.6 Å². The van der Waals surface area contributed by atoms with Gasteiger partial charge in [0.2, 0.25) is 5.91 Å². The molecule has 0 aliphatic carbocycles. The Bertz CT molecular complexity index is 732. The molecule has 1 amide bonds. The number of ether oxygens (including phenoxy) is 1. The highest BCUT2D eigenvalue weighted by molar-refractivity contribution is 5.95. The van der Waals surface area contributed by atoms with Gasteiger partial charge in [-0.05, 0) is 36.2 Å². The third-order valence-corrected chi connectivity index (χ3v) is 4.50. The Kier molecular flexibility index (Phi) is 5.68. The van der Waals surface area contributed by atoms with Gasteiger partial charge in [-0.15, -0.1) is 0 Å². The molecular formula is C20H25N3O2. The molecule has 2 aromatic carbocycles. The van der Waals surface area contributed by atoms with Crippen molar-refractivity contribution in [1.29, 1.82) is 0 Å². The zero-order chi connectivity index (χ0) is 17.6. The average molecular weight is 339 g/mol. The third-order valence-electron chi connectivity index (χ3n) is 4.50. The number of hydrogen-bond donors (Lipinski definition) is 1. The molecule has 3 rings (SSSR count). The van der Waals surface area contributed by atoms with Gasteiger partial charge in [0.15, 0.2) is 0 Å². The highest BCUT2D eigenvalue weighted by Gasteiger charge is 2.25. The highest BCUT2D eigenvalue weighted by atomic mass is 16.5. The summed E-state index contributed by atoms with van der Waals surface area (Å²) in [6, 6.07) is 16.1. The molecule has 0 radical (unpaired) electrons. The predicted molar refractivity (Wildman–Crippen MR) is 99.8 cm³/mol. The molecule has 132 valence electrons. The van der Waals surface area contributed by atoms with Crippen LogP contribution >= 0.6 is 0 Å². The minimum Gasteiger partial charge on any atom is -0.497 e. The maximum absolute atomic E-state index is 12.6. The first-order valence-corrected chi connectivity index (χ1v) is 8.64. The molecule has 0 bridgehead atoms. The van der Waals surface area contributed by atoms with Crippen molar-refractivity contribution in [3.05, 3.63) is 59.7 Å².